The summed E-state index contributed by atoms with van der Waals surface area (Å²) < 4.78 is 6.51. The predicted octanol–water partition coefficient (Wildman–Crippen LogP) is 3.97. The molecule has 1 atom stereocenters. The number of Topliss-reactive ketones (excluding diaryl/α,β-unsaturated/α-hetero) is 1. The Morgan fingerprint density at radius 3 is 2.50 bits per heavy atom. The van der Waals surface area contributed by atoms with Gasteiger partial charge >= 0.3 is 0 Å². The van der Waals surface area contributed by atoms with E-state index in [2.05, 4.69) is 15.9 Å². The van der Waals surface area contributed by atoms with E-state index in [1.165, 1.54) is 0 Å². The Morgan fingerprint density at radius 1 is 1.20 bits per heavy atom. The molecule has 0 fully saturated rings. The van der Waals surface area contributed by atoms with Gasteiger partial charge < -0.3 is 4.74 Å². The maximum atomic E-state index is 12.2. The van der Waals surface area contributed by atoms with E-state index in [1.807, 2.05) is 18.2 Å². The highest BCUT2D eigenvalue weighted by atomic mass is 79.9. The molecule has 0 aliphatic carbocycles. The van der Waals surface area contributed by atoms with Crippen LogP contribution in [0.3, 0.4) is 0 Å². The Balaban J connectivity index is 2.16. The topological polar surface area (TPSA) is 50.1 Å². The monoisotopic (exact) mass is 329 g/mol. The van der Waals surface area contributed by atoms with Crippen molar-refractivity contribution in [2.24, 2.45) is 0 Å². The van der Waals surface area contributed by atoms with Gasteiger partial charge in [0.05, 0.1) is 5.56 Å². The normalized spacial score (nSPS) is 11.4. The lowest BCUT2D eigenvalue weighted by Crippen LogP contribution is -2.24. The van der Waals surface area contributed by atoms with Crippen molar-refractivity contribution in [3.8, 4) is 11.8 Å². The number of ether oxygens (including phenoxy) is 1. The average Bonchev–Trinajstić information content (AvgIpc) is 2.48. The molecule has 2 aromatic carbocycles. The summed E-state index contributed by atoms with van der Waals surface area (Å²) in [6.45, 7) is 1.68. The highest BCUT2D eigenvalue weighted by Crippen LogP contribution is 2.20. The molecule has 0 unspecified atom stereocenters. The highest BCUT2D eigenvalue weighted by Gasteiger charge is 2.18. The van der Waals surface area contributed by atoms with Crippen LogP contribution in [0.1, 0.15) is 22.8 Å². The quantitative estimate of drug-likeness (QED) is 0.797. The zero-order valence-corrected chi connectivity index (χ0v) is 12.4. The maximum absolute atomic E-state index is 12.2. The van der Waals surface area contributed by atoms with Crippen molar-refractivity contribution in [1.82, 2.24) is 0 Å². The van der Waals surface area contributed by atoms with Crippen LogP contribution in [0.4, 0.5) is 0 Å². The lowest BCUT2D eigenvalue weighted by atomic mass is 10.1. The number of carbonyl (C=O) groups excluding carboxylic acids is 1. The van der Waals surface area contributed by atoms with E-state index in [0.29, 0.717) is 16.9 Å². The zero-order valence-electron chi connectivity index (χ0n) is 10.8. The first kappa shape index (κ1) is 14.3. The Morgan fingerprint density at radius 2 is 1.85 bits per heavy atom. The lowest BCUT2D eigenvalue weighted by Gasteiger charge is -2.14. The maximum Gasteiger partial charge on any atom is 0.202 e. The van der Waals surface area contributed by atoms with Crippen molar-refractivity contribution in [2.45, 2.75) is 13.0 Å². The molecule has 0 radical (unpaired) electrons. The third-order valence-corrected chi connectivity index (χ3v) is 3.34. The number of halogens is 1. The standard InChI is InChI=1S/C16H12BrNO2/c1-11(16(19)12-6-8-14(17)9-7-12)20-15-5-3-2-4-13(15)10-18/h2-9,11H,1H3/t11-/m1/s1. The fraction of sp³-hybridized carbons (Fsp3) is 0.125. The Bertz CT molecular complexity index is 659. The number of nitrogens with zero attached hydrogens (tertiary/aromatic N) is 1. The summed E-state index contributed by atoms with van der Waals surface area (Å²) in [5, 5.41) is 9.00. The van der Waals surface area contributed by atoms with Gasteiger partial charge in [0.1, 0.15) is 11.8 Å². The number of hydrogen-bond donors (Lipinski definition) is 0. The number of benzene rings is 2. The van der Waals surface area contributed by atoms with Gasteiger partial charge in [-0.2, -0.15) is 5.26 Å². The first-order valence-electron chi connectivity index (χ1n) is 6.07. The molecular weight excluding hydrogens is 318 g/mol. The van der Waals surface area contributed by atoms with Gasteiger partial charge in [-0.05, 0) is 31.2 Å². The second kappa shape index (κ2) is 6.36. The van der Waals surface area contributed by atoms with Gasteiger partial charge in [0.15, 0.2) is 6.10 Å². The van der Waals surface area contributed by atoms with Crippen LogP contribution in [0.15, 0.2) is 53.0 Å². The fourth-order valence-electron chi connectivity index (χ4n) is 1.75. The molecule has 2 rings (SSSR count). The molecule has 0 N–H and O–H groups in total. The van der Waals surface area contributed by atoms with Crippen LogP contribution in [0.5, 0.6) is 5.75 Å². The third-order valence-electron chi connectivity index (χ3n) is 2.81. The number of hydrogen-bond acceptors (Lipinski definition) is 3. The predicted molar refractivity (Wildman–Crippen MR) is 79.7 cm³/mol. The zero-order chi connectivity index (χ0) is 14.5. The molecule has 0 heterocycles. The summed E-state index contributed by atoms with van der Waals surface area (Å²) >= 11 is 3.33. The van der Waals surface area contributed by atoms with E-state index in [1.54, 1.807) is 43.3 Å². The fourth-order valence-corrected chi connectivity index (χ4v) is 2.02. The summed E-state index contributed by atoms with van der Waals surface area (Å²) in [7, 11) is 0. The molecule has 0 spiro atoms. The minimum atomic E-state index is -0.648. The number of nitriles is 1. The number of para-hydroxylation sites is 1. The van der Waals surface area contributed by atoms with E-state index in [-0.39, 0.29) is 5.78 Å². The number of ketones is 1. The second-order valence-corrected chi connectivity index (χ2v) is 5.15. The van der Waals surface area contributed by atoms with Crippen molar-refractivity contribution in [3.05, 3.63) is 64.1 Å². The van der Waals surface area contributed by atoms with Crippen LogP contribution in [-0.2, 0) is 0 Å². The van der Waals surface area contributed by atoms with E-state index < -0.39 is 6.10 Å². The molecule has 3 nitrogen and oxygen atoms in total. The van der Waals surface area contributed by atoms with Crippen molar-refractivity contribution < 1.29 is 9.53 Å². The molecule has 100 valence electrons. The SMILES string of the molecule is C[C@@H](Oc1ccccc1C#N)C(=O)c1ccc(Br)cc1. The van der Waals surface area contributed by atoms with Gasteiger partial charge in [-0.25, -0.2) is 0 Å². The van der Waals surface area contributed by atoms with E-state index >= 15 is 0 Å². The highest BCUT2D eigenvalue weighted by molar-refractivity contribution is 9.10. The second-order valence-electron chi connectivity index (χ2n) is 4.24. The Kier molecular flexibility index (Phi) is 4.54. The lowest BCUT2D eigenvalue weighted by molar-refractivity contribution is 0.0817. The summed E-state index contributed by atoms with van der Waals surface area (Å²) in [5.74, 6) is 0.304. The Labute approximate surface area is 125 Å². The average molecular weight is 330 g/mol. The molecule has 0 saturated heterocycles. The van der Waals surface area contributed by atoms with Crippen LogP contribution in [-0.4, -0.2) is 11.9 Å². The molecule has 0 aromatic heterocycles. The molecule has 0 aliphatic heterocycles. The van der Waals surface area contributed by atoms with Gasteiger partial charge in [-0.1, -0.05) is 40.2 Å². The minimum Gasteiger partial charge on any atom is -0.481 e. The van der Waals surface area contributed by atoms with Crippen LogP contribution in [0.25, 0.3) is 0 Å². The van der Waals surface area contributed by atoms with Crippen molar-refractivity contribution >= 4 is 21.7 Å². The van der Waals surface area contributed by atoms with E-state index in [9.17, 15) is 4.79 Å². The molecule has 0 saturated carbocycles. The van der Waals surface area contributed by atoms with Crippen LogP contribution < -0.4 is 4.74 Å². The molecule has 0 bridgehead atoms. The van der Waals surface area contributed by atoms with Crippen molar-refractivity contribution in [1.29, 1.82) is 5.26 Å². The summed E-state index contributed by atoms with van der Waals surface area (Å²) in [6, 6.07) is 16.0. The molecule has 0 amide bonds. The number of carbonyl (C=O) groups is 1. The first-order valence-corrected chi connectivity index (χ1v) is 6.86. The minimum absolute atomic E-state index is 0.120. The van der Waals surface area contributed by atoms with Gasteiger partial charge in [0.25, 0.3) is 0 Å². The number of rotatable bonds is 4. The molecule has 4 heteroatoms. The van der Waals surface area contributed by atoms with Gasteiger partial charge in [-0.3, -0.25) is 4.79 Å². The van der Waals surface area contributed by atoms with Gasteiger partial charge in [0.2, 0.25) is 5.78 Å². The largest absolute Gasteiger partial charge is 0.481 e. The van der Waals surface area contributed by atoms with Crippen molar-refractivity contribution in [2.75, 3.05) is 0 Å². The van der Waals surface area contributed by atoms with Gasteiger partial charge in [-0.15, -0.1) is 0 Å². The molecule has 2 aromatic rings. The van der Waals surface area contributed by atoms with Crippen LogP contribution >= 0.6 is 15.9 Å². The molecule has 20 heavy (non-hydrogen) atoms. The summed E-state index contributed by atoms with van der Waals surface area (Å²) in [4.78, 5) is 12.2. The summed E-state index contributed by atoms with van der Waals surface area (Å²) in [6.07, 6.45) is -0.648. The van der Waals surface area contributed by atoms with Crippen LogP contribution in [0, 0.1) is 11.3 Å². The molecular formula is C16H12BrNO2. The van der Waals surface area contributed by atoms with E-state index in [0.717, 1.165) is 4.47 Å². The third kappa shape index (κ3) is 3.25. The van der Waals surface area contributed by atoms with E-state index in [4.69, 9.17) is 10.00 Å². The first-order chi connectivity index (χ1) is 9.61. The van der Waals surface area contributed by atoms with Crippen LogP contribution in [0.2, 0.25) is 0 Å². The Hall–Kier alpha value is -2.12. The summed E-state index contributed by atoms with van der Waals surface area (Å²) in [5.41, 5.74) is 0.998. The van der Waals surface area contributed by atoms with Crippen molar-refractivity contribution in [3.63, 3.8) is 0 Å². The van der Waals surface area contributed by atoms with Gasteiger partial charge in [0, 0.05) is 10.0 Å². The smallest absolute Gasteiger partial charge is 0.202 e. The molecule has 0 aliphatic rings.